The molecule has 0 spiro atoms. The van der Waals surface area contributed by atoms with Crippen molar-refractivity contribution in [2.24, 2.45) is 5.92 Å². The van der Waals surface area contributed by atoms with Crippen LogP contribution in [0.4, 0.5) is 0 Å². The van der Waals surface area contributed by atoms with Crippen LogP contribution in [0.25, 0.3) is 0 Å². The van der Waals surface area contributed by atoms with Gasteiger partial charge in [0.2, 0.25) is 0 Å². The van der Waals surface area contributed by atoms with Gasteiger partial charge in [0.05, 0.1) is 6.10 Å². The molecule has 1 aliphatic carbocycles. The molecule has 1 rings (SSSR count). The minimum atomic E-state index is 0.0149. The van der Waals surface area contributed by atoms with E-state index >= 15 is 0 Å². The Kier molecular flexibility index (Phi) is 12.3. The van der Waals surface area contributed by atoms with Crippen LogP contribution >= 0.6 is 0 Å². The molecule has 2 atom stereocenters. The number of rotatable bonds is 13. The lowest BCUT2D eigenvalue weighted by Gasteiger charge is -2.25. The lowest BCUT2D eigenvalue weighted by Crippen LogP contribution is -2.19. The summed E-state index contributed by atoms with van der Waals surface area (Å²) in [5.41, 5.74) is 0. The Labute approximate surface area is 133 Å². The lowest BCUT2D eigenvalue weighted by molar-refractivity contribution is 0.0973. The molecule has 0 bridgehead atoms. The third-order valence-corrected chi connectivity index (χ3v) is 5.22. The SMILES string of the molecule is CCCCCCCCCCCCCCC1CCCC(O)C1. The van der Waals surface area contributed by atoms with E-state index in [9.17, 15) is 5.11 Å². The Morgan fingerprint density at radius 3 is 1.76 bits per heavy atom. The number of hydrogen-bond donors (Lipinski definition) is 1. The predicted molar refractivity (Wildman–Crippen MR) is 93.7 cm³/mol. The monoisotopic (exact) mass is 296 g/mol. The third kappa shape index (κ3) is 11.2. The van der Waals surface area contributed by atoms with E-state index < -0.39 is 0 Å². The molecule has 0 heterocycles. The first kappa shape index (κ1) is 19.0. The van der Waals surface area contributed by atoms with Gasteiger partial charge < -0.3 is 5.11 Å². The predicted octanol–water partition coefficient (Wildman–Crippen LogP) is 6.63. The highest BCUT2D eigenvalue weighted by Crippen LogP contribution is 2.28. The average molecular weight is 297 g/mol. The molecule has 0 aliphatic heterocycles. The maximum atomic E-state index is 9.67. The number of unbranched alkanes of at least 4 members (excludes halogenated alkanes) is 11. The number of aliphatic hydroxyl groups excluding tert-OH is 1. The fraction of sp³-hybridized carbons (Fsp3) is 1.00. The van der Waals surface area contributed by atoms with Gasteiger partial charge in [-0.05, 0) is 18.8 Å². The van der Waals surface area contributed by atoms with Crippen LogP contribution in [0.3, 0.4) is 0 Å². The fourth-order valence-corrected chi connectivity index (χ4v) is 3.80. The zero-order valence-electron chi connectivity index (χ0n) is 14.6. The summed E-state index contributed by atoms with van der Waals surface area (Å²) in [6.07, 6.45) is 23.4. The number of aliphatic hydroxyl groups is 1. The highest BCUT2D eigenvalue weighted by atomic mass is 16.3. The fourth-order valence-electron chi connectivity index (χ4n) is 3.80. The Hall–Kier alpha value is -0.0400. The van der Waals surface area contributed by atoms with Gasteiger partial charge in [-0.15, -0.1) is 0 Å². The van der Waals surface area contributed by atoms with E-state index in [1.54, 1.807) is 0 Å². The summed E-state index contributed by atoms with van der Waals surface area (Å²) < 4.78 is 0. The quantitative estimate of drug-likeness (QED) is 0.378. The molecule has 0 radical (unpaired) electrons. The van der Waals surface area contributed by atoms with E-state index in [1.165, 1.54) is 96.3 Å². The van der Waals surface area contributed by atoms with Gasteiger partial charge in [-0.3, -0.25) is 0 Å². The van der Waals surface area contributed by atoms with Crippen molar-refractivity contribution in [2.45, 2.75) is 122 Å². The molecule has 126 valence electrons. The Bertz CT molecular complexity index is 214. The maximum absolute atomic E-state index is 9.67. The van der Waals surface area contributed by atoms with Crippen LogP contribution in [-0.4, -0.2) is 11.2 Å². The van der Waals surface area contributed by atoms with Gasteiger partial charge in [0.25, 0.3) is 0 Å². The largest absolute Gasteiger partial charge is 0.393 e. The maximum Gasteiger partial charge on any atom is 0.0542 e. The highest BCUT2D eigenvalue weighted by molar-refractivity contribution is 4.72. The molecule has 0 amide bonds. The van der Waals surface area contributed by atoms with E-state index in [0.29, 0.717) is 0 Å². The van der Waals surface area contributed by atoms with Crippen LogP contribution in [0.15, 0.2) is 0 Å². The first-order valence-electron chi connectivity index (χ1n) is 10.0. The second kappa shape index (κ2) is 13.6. The van der Waals surface area contributed by atoms with Crippen molar-refractivity contribution in [3.8, 4) is 0 Å². The second-order valence-corrected chi connectivity index (χ2v) is 7.36. The van der Waals surface area contributed by atoms with Gasteiger partial charge in [-0.2, -0.15) is 0 Å². The Balaban J connectivity index is 1.74. The molecular weight excluding hydrogens is 256 g/mol. The van der Waals surface area contributed by atoms with Crippen LogP contribution in [0.1, 0.15) is 116 Å². The zero-order chi connectivity index (χ0) is 15.2. The van der Waals surface area contributed by atoms with E-state index in [4.69, 9.17) is 0 Å². The molecule has 2 unspecified atom stereocenters. The molecule has 1 N–H and O–H groups in total. The molecule has 0 aromatic heterocycles. The molecule has 21 heavy (non-hydrogen) atoms. The van der Waals surface area contributed by atoms with Gasteiger partial charge >= 0.3 is 0 Å². The van der Waals surface area contributed by atoms with E-state index in [1.807, 2.05) is 0 Å². The van der Waals surface area contributed by atoms with Crippen LogP contribution in [-0.2, 0) is 0 Å². The molecule has 0 aromatic carbocycles. The van der Waals surface area contributed by atoms with Gasteiger partial charge in [0, 0.05) is 0 Å². The summed E-state index contributed by atoms with van der Waals surface area (Å²) >= 11 is 0. The molecule has 1 aliphatic rings. The number of hydrogen-bond acceptors (Lipinski definition) is 1. The Morgan fingerprint density at radius 1 is 0.714 bits per heavy atom. The van der Waals surface area contributed by atoms with Crippen molar-refractivity contribution in [2.75, 3.05) is 0 Å². The summed E-state index contributed by atoms with van der Waals surface area (Å²) in [4.78, 5) is 0. The lowest BCUT2D eigenvalue weighted by atomic mass is 9.84. The van der Waals surface area contributed by atoms with Crippen molar-refractivity contribution in [3.63, 3.8) is 0 Å². The molecule has 1 heteroatoms. The average Bonchev–Trinajstić information content (AvgIpc) is 2.48. The molecular formula is C20H40O. The van der Waals surface area contributed by atoms with Gasteiger partial charge in [-0.25, -0.2) is 0 Å². The first-order chi connectivity index (χ1) is 10.3. The van der Waals surface area contributed by atoms with E-state index in [2.05, 4.69) is 6.92 Å². The summed E-state index contributed by atoms with van der Waals surface area (Å²) in [6.45, 7) is 2.29. The second-order valence-electron chi connectivity index (χ2n) is 7.36. The van der Waals surface area contributed by atoms with Gasteiger partial charge in [0.15, 0.2) is 0 Å². The van der Waals surface area contributed by atoms with E-state index in [0.717, 1.165) is 18.8 Å². The van der Waals surface area contributed by atoms with Gasteiger partial charge in [-0.1, -0.05) is 103 Å². The normalized spacial score (nSPS) is 22.6. The van der Waals surface area contributed by atoms with E-state index in [-0.39, 0.29) is 6.10 Å². The van der Waals surface area contributed by atoms with Crippen LogP contribution < -0.4 is 0 Å². The van der Waals surface area contributed by atoms with Crippen molar-refractivity contribution in [3.05, 3.63) is 0 Å². The molecule has 1 fully saturated rings. The minimum Gasteiger partial charge on any atom is -0.393 e. The molecule has 0 aromatic rings. The third-order valence-electron chi connectivity index (χ3n) is 5.22. The topological polar surface area (TPSA) is 20.2 Å². The van der Waals surface area contributed by atoms with Crippen molar-refractivity contribution >= 4 is 0 Å². The van der Waals surface area contributed by atoms with Crippen LogP contribution in [0.5, 0.6) is 0 Å². The van der Waals surface area contributed by atoms with Crippen molar-refractivity contribution in [1.29, 1.82) is 0 Å². The molecule has 1 saturated carbocycles. The summed E-state index contributed by atoms with van der Waals surface area (Å²) in [6, 6.07) is 0. The molecule has 1 nitrogen and oxygen atoms in total. The minimum absolute atomic E-state index is 0.0149. The summed E-state index contributed by atoms with van der Waals surface area (Å²) in [5, 5.41) is 9.67. The van der Waals surface area contributed by atoms with Crippen molar-refractivity contribution in [1.82, 2.24) is 0 Å². The Morgan fingerprint density at radius 2 is 1.24 bits per heavy atom. The molecule has 0 saturated heterocycles. The smallest absolute Gasteiger partial charge is 0.0542 e. The summed E-state index contributed by atoms with van der Waals surface area (Å²) in [5.74, 6) is 0.830. The van der Waals surface area contributed by atoms with Crippen LogP contribution in [0, 0.1) is 5.92 Å². The standard InChI is InChI=1S/C20H40O/c1-2-3-4-5-6-7-8-9-10-11-12-13-15-19-16-14-17-20(21)18-19/h19-21H,2-18H2,1H3. The highest BCUT2D eigenvalue weighted by Gasteiger charge is 2.19. The summed E-state index contributed by atoms with van der Waals surface area (Å²) in [7, 11) is 0. The first-order valence-corrected chi connectivity index (χ1v) is 10.0. The zero-order valence-corrected chi connectivity index (χ0v) is 14.6. The van der Waals surface area contributed by atoms with Crippen molar-refractivity contribution < 1.29 is 5.11 Å². The van der Waals surface area contributed by atoms with Crippen LogP contribution in [0.2, 0.25) is 0 Å². The van der Waals surface area contributed by atoms with Gasteiger partial charge in [0.1, 0.15) is 0 Å².